The number of piperazine rings is 1. The monoisotopic (exact) mass is 186 g/mol. The van der Waals surface area contributed by atoms with Gasteiger partial charge in [0.15, 0.2) is 0 Å². The van der Waals surface area contributed by atoms with Crippen LogP contribution >= 0.6 is 0 Å². The van der Waals surface area contributed by atoms with Crippen LogP contribution in [0, 0.1) is 0 Å². The fourth-order valence-corrected chi connectivity index (χ4v) is 1.63. The summed E-state index contributed by atoms with van der Waals surface area (Å²) >= 11 is 0. The lowest BCUT2D eigenvalue weighted by molar-refractivity contribution is 0.0533. The van der Waals surface area contributed by atoms with Crippen molar-refractivity contribution in [3.63, 3.8) is 0 Å². The summed E-state index contributed by atoms with van der Waals surface area (Å²) in [6, 6.07) is 0.632. The molecule has 0 aromatic heterocycles. The molecule has 1 aliphatic rings. The second-order valence-electron chi connectivity index (χ2n) is 4.08. The Labute approximate surface area is 81.4 Å². The first kappa shape index (κ1) is 11.0. The van der Waals surface area contributed by atoms with Gasteiger partial charge < -0.3 is 10.1 Å². The van der Waals surface area contributed by atoms with Crippen molar-refractivity contribution in [2.45, 2.75) is 32.9 Å². The molecule has 3 heteroatoms. The molecule has 1 saturated heterocycles. The molecule has 0 aliphatic carbocycles. The number of hydrogen-bond donors (Lipinski definition) is 1. The molecule has 1 heterocycles. The smallest absolute Gasteiger partial charge is 0.0596 e. The largest absolute Gasteiger partial charge is 0.377 e. The molecule has 0 aromatic carbocycles. The zero-order chi connectivity index (χ0) is 9.68. The van der Waals surface area contributed by atoms with Crippen LogP contribution in [0.5, 0.6) is 0 Å². The lowest BCUT2D eigenvalue weighted by Gasteiger charge is -2.31. The Hall–Kier alpha value is -0.120. The van der Waals surface area contributed by atoms with E-state index in [1.54, 1.807) is 0 Å². The van der Waals surface area contributed by atoms with E-state index in [1.807, 2.05) is 0 Å². The third kappa shape index (κ3) is 4.60. The van der Waals surface area contributed by atoms with Gasteiger partial charge >= 0.3 is 0 Å². The third-order valence-corrected chi connectivity index (χ3v) is 2.31. The van der Waals surface area contributed by atoms with Crippen molar-refractivity contribution in [3.8, 4) is 0 Å². The number of nitrogens with zero attached hydrogens (tertiary/aromatic N) is 1. The Kier molecular flexibility index (Phi) is 4.70. The molecular weight excluding hydrogens is 164 g/mol. The molecule has 1 aliphatic heterocycles. The molecule has 0 aromatic rings. The van der Waals surface area contributed by atoms with Crippen LogP contribution in [-0.2, 0) is 4.74 Å². The summed E-state index contributed by atoms with van der Waals surface area (Å²) in [5, 5.41) is 3.43. The third-order valence-electron chi connectivity index (χ3n) is 2.31. The molecule has 0 saturated carbocycles. The lowest BCUT2D eigenvalue weighted by Crippen LogP contribution is -2.50. The van der Waals surface area contributed by atoms with E-state index in [9.17, 15) is 0 Å². The van der Waals surface area contributed by atoms with Gasteiger partial charge in [-0.25, -0.2) is 0 Å². The Balaban J connectivity index is 2.06. The van der Waals surface area contributed by atoms with Gasteiger partial charge in [-0.2, -0.15) is 0 Å². The van der Waals surface area contributed by atoms with Crippen molar-refractivity contribution in [1.29, 1.82) is 0 Å². The molecule has 1 rings (SSSR count). The molecule has 3 nitrogen and oxygen atoms in total. The van der Waals surface area contributed by atoms with Crippen molar-refractivity contribution in [1.82, 2.24) is 10.2 Å². The fourth-order valence-electron chi connectivity index (χ4n) is 1.63. The molecule has 1 fully saturated rings. The van der Waals surface area contributed by atoms with Crippen LogP contribution in [-0.4, -0.2) is 49.8 Å². The predicted octanol–water partition coefficient (Wildman–Crippen LogP) is 0.705. The standard InChI is InChI=1S/C10H22N2O/c1-9(2)13-7-6-12-5-4-11-10(3)8-12/h9-11H,4-8H2,1-3H3. The number of hydrogen-bond acceptors (Lipinski definition) is 3. The van der Waals surface area contributed by atoms with Crippen molar-refractivity contribution in [2.24, 2.45) is 0 Å². The second-order valence-corrected chi connectivity index (χ2v) is 4.08. The maximum absolute atomic E-state index is 5.52. The van der Waals surface area contributed by atoms with Crippen LogP contribution in [0.2, 0.25) is 0 Å². The summed E-state index contributed by atoms with van der Waals surface area (Å²) in [6.45, 7) is 11.8. The first-order valence-electron chi connectivity index (χ1n) is 5.26. The quantitative estimate of drug-likeness (QED) is 0.699. The van der Waals surface area contributed by atoms with Crippen molar-refractivity contribution in [2.75, 3.05) is 32.8 Å². The van der Waals surface area contributed by atoms with Crippen LogP contribution in [0.25, 0.3) is 0 Å². The SMILES string of the molecule is CC1CN(CCOC(C)C)CCN1. The van der Waals surface area contributed by atoms with Gasteiger partial charge in [-0.1, -0.05) is 0 Å². The fraction of sp³-hybridized carbons (Fsp3) is 1.00. The number of rotatable bonds is 4. The lowest BCUT2D eigenvalue weighted by atomic mass is 10.2. The Morgan fingerprint density at radius 2 is 2.31 bits per heavy atom. The summed E-state index contributed by atoms with van der Waals surface area (Å²) in [5.41, 5.74) is 0. The van der Waals surface area contributed by atoms with Crippen LogP contribution in [0.3, 0.4) is 0 Å². The highest BCUT2D eigenvalue weighted by molar-refractivity contribution is 4.74. The van der Waals surface area contributed by atoms with E-state index in [1.165, 1.54) is 0 Å². The van der Waals surface area contributed by atoms with E-state index in [0.717, 1.165) is 32.8 Å². The molecule has 1 N–H and O–H groups in total. The van der Waals surface area contributed by atoms with Gasteiger partial charge in [-0.15, -0.1) is 0 Å². The Morgan fingerprint density at radius 1 is 1.54 bits per heavy atom. The molecule has 0 radical (unpaired) electrons. The molecule has 0 bridgehead atoms. The molecular formula is C10H22N2O. The molecule has 78 valence electrons. The molecule has 13 heavy (non-hydrogen) atoms. The highest BCUT2D eigenvalue weighted by Crippen LogP contribution is 1.98. The molecule has 0 spiro atoms. The summed E-state index contributed by atoms with van der Waals surface area (Å²) in [7, 11) is 0. The Morgan fingerprint density at radius 3 is 2.92 bits per heavy atom. The predicted molar refractivity (Wildman–Crippen MR) is 55.0 cm³/mol. The molecule has 1 atom stereocenters. The van der Waals surface area contributed by atoms with E-state index in [-0.39, 0.29) is 0 Å². The minimum Gasteiger partial charge on any atom is -0.377 e. The van der Waals surface area contributed by atoms with Gasteiger partial charge in [0.05, 0.1) is 12.7 Å². The van der Waals surface area contributed by atoms with Crippen molar-refractivity contribution >= 4 is 0 Å². The summed E-state index contributed by atoms with van der Waals surface area (Å²) in [6.07, 6.45) is 0.361. The van der Waals surface area contributed by atoms with Crippen LogP contribution in [0.1, 0.15) is 20.8 Å². The zero-order valence-electron chi connectivity index (χ0n) is 9.05. The van der Waals surface area contributed by atoms with Crippen LogP contribution < -0.4 is 5.32 Å². The van der Waals surface area contributed by atoms with E-state index in [4.69, 9.17) is 4.74 Å². The molecule has 1 unspecified atom stereocenters. The maximum atomic E-state index is 5.52. The van der Waals surface area contributed by atoms with E-state index in [0.29, 0.717) is 12.1 Å². The van der Waals surface area contributed by atoms with Gasteiger partial charge in [-0.05, 0) is 20.8 Å². The van der Waals surface area contributed by atoms with E-state index < -0.39 is 0 Å². The van der Waals surface area contributed by atoms with Crippen molar-refractivity contribution < 1.29 is 4.74 Å². The van der Waals surface area contributed by atoms with Crippen LogP contribution in [0.15, 0.2) is 0 Å². The number of nitrogens with one attached hydrogen (secondary N) is 1. The first-order chi connectivity index (χ1) is 6.18. The van der Waals surface area contributed by atoms with E-state index in [2.05, 4.69) is 31.0 Å². The van der Waals surface area contributed by atoms with Gasteiger partial charge in [0.1, 0.15) is 0 Å². The van der Waals surface area contributed by atoms with Crippen LogP contribution in [0.4, 0.5) is 0 Å². The second kappa shape index (κ2) is 5.58. The maximum Gasteiger partial charge on any atom is 0.0596 e. The Bertz CT molecular complexity index is 139. The summed E-state index contributed by atoms with van der Waals surface area (Å²) in [5.74, 6) is 0. The first-order valence-corrected chi connectivity index (χ1v) is 5.26. The highest BCUT2D eigenvalue weighted by atomic mass is 16.5. The topological polar surface area (TPSA) is 24.5 Å². The van der Waals surface area contributed by atoms with Gasteiger partial charge in [0.25, 0.3) is 0 Å². The summed E-state index contributed by atoms with van der Waals surface area (Å²) < 4.78 is 5.52. The van der Waals surface area contributed by atoms with Gasteiger partial charge in [0.2, 0.25) is 0 Å². The normalized spacial score (nSPS) is 25.4. The highest BCUT2D eigenvalue weighted by Gasteiger charge is 2.14. The minimum atomic E-state index is 0.361. The average Bonchev–Trinajstić information content (AvgIpc) is 2.03. The number of ether oxygens (including phenoxy) is 1. The van der Waals surface area contributed by atoms with E-state index >= 15 is 0 Å². The zero-order valence-corrected chi connectivity index (χ0v) is 9.05. The van der Waals surface area contributed by atoms with Crippen molar-refractivity contribution in [3.05, 3.63) is 0 Å². The van der Waals surface area contributed by atoms with Gasteiger partial charge in [0, 0.05) is 32.2 Å². The minimum absolute atomic E-state index is 0.361. The average molecular weight is 186 g/mol. The molecule has 0 amide bonds. The summed E-state index contributed by atoms with van der Waals surface area (Å²) in [4.78, 5) is 2.46. The van der Waals surface area contributed by atoms with Gasteiger partial charge in [-0.3, -0.25) is 4.90 Å².